The zero-order chi connectivity index (χ0) is 17.8. The SMILES string of the molecule is COc1ccc(-c2nn3c(CSCCc4ccccc4)nnc3s2)cc1. The van der Waals surface area contributed by atoms with Crippen LogP contribution in [-0.2, 0) is 12.2 Å². The van der Waals surface area contributed by atoms with Crippen molar-refractivity contribution in [2.75, 3.05) is 12.9 Å². The maximum Gasteiger partial charge on any atom is 0.235 e. The number of aromatic nitrogens is 4. The van der Waals surface area contributed by atoms with Gasteiger partial charge < -0.3 is 4.74 Å². The molecule has 7 heteroatoms. The normalized spacial score (nSPS) is 11.1. The molecule has 0 unspecified atom stereocenters. The first-order chi connectivity index (χ1) is 12.8. The highest BCUT2D eigenvalue weighted by atomic mass is 32.2. The van der Waals surface area contributed by atoms with Gasteiger partial charge in [0.05, 0.1) is 12.9 Å². The Labute approximate surface area is 160 Å². The first kappa shape index (κ1) is 17.1. The van der Waals surface area contributed by atoms with Crippen molar-refractivity contribution in [3.63, 3.8) is 0 Å². The number of hydrogen-bond donors (Lipinski definition) is 0. The number of fused-ring (bicyclic) bond motifs is 1. The summed E-state index contributed by atoms with van der Waals surface area (Å²) in [6.07, 6.45) is 1.06. The third kappa shape index (κ3) is 3.73. The van der Waals surface area contributed by atoms with E-state index in [9.17, 15) is 0 Å². The van der Waals surface area contributed by atoms with Crippen molar-refractivity contribution in [3.05, 3.63) is 66.0 Å². The van der Waals surface area contributed by atoms with E-state index in [4.69, 9.17) is 9.84 Å². The van der Waals surface area contributed by atoms with E-state index >= 15 is 0 Å². The van der Waals surface area contributed by atoms with Crippen LogP contribution in [0.2, 0.25) is 0 Å². The van der Waals surface area contributed by atoms with Gasteiger partial charge in [-0.2, -0.15) is 21.4 Å². The fourth-order valence-electron chi connectivity index (χ4n) is 2.60. The Hall–Kier alpha value is -2.38. The van der Waals surface area contributed by atoms with Gasteiger partial charge in [-0.3, -0.25) is 0 Å². The smallest absolute Gasteiger partial charge is 0.235 e. The molecule has 0 amide bonds. The summed E-state index contributed by atoms with van der Waals surface area (Å²) in [5.41, 5.74) is 2.42. The second-order valence-corrected chi connectivity index (χ2v) is 7.80. The third-order valence-electron chi connectivity index (χ3n) is 4.00. The molecule has 4 aromatic rings. The van der Waals surface area contributed by atoms with E-state index < -0.39 is 0 Å². The summed E-state index contributed by atoms with van der Waals surface area (Å²) in [5.74, 6) is 3.59. The average molecular weight is 383 g/mol. The van der Waals surface area contributed by atoms with Crippen LogP contribution in [0.3, 0.4) is 0 Å². The number of aryl methyl sites for hydroxylation is 1. The Morgan fingerprint density at radius 1 is 1.04 bits per heavy atom. The number of thioether (sulfide) groups is 1. The minimum Gasteiger partial charge on any atom is -0.497 e. The minimum atomic E-state index is 0.805. The molecule has 2 heterocycles. The van der Waals surface area contributed by atoms with Crippen molar-refractivity contribution < 1.29 is 4.74 Å². The van der Waals surface area contributed by atoms with Gasteiger partial charge in [0.25, 0.3) is 0 Å². The van der Waals surface area contributed by atoms with Gasteiger partial charge in [-0.25, -0.2) is 0 Å². The molecule has 0 spiro atoms. The van der Waals surface area contributed by atoms with Crippen LogP contribution in [0.4, 0.5) is 0 Å². The van der Waals surface area contributed by atoms with Crippen LogP contribution in [0, 0.1) is 0 Å². The van der Waals surface area contributed by atoms with Gasteiger partial charge in [-0.05, 0) is 42.0 Å². The van der Waals surface area contributed by atoms with Gasteiger partial charge in [-0.15, -0.1) is 10.2 Å². The number of hydrogen-bond acceptors (Lipinski definition) is 6. The lowest BCUT2D eigenvalue weighted by Gasteiger charge is -2.01. The minimum absolute atomic E-state index is 0.805. The largest absolute Gasteiger partial charge is 0.497 e. The lowest BCUT2D eigenvalue weighted by molar-refractivity contribution is 0.415. The van der Waals surface area contributed by atoms with Crippen LogP contribution < -0.4 is 4.74 Å². The maximum atomic E-state index is 5.21. The van der Waals surface area contributed by atoms with E-state index in [0.29, 0.717) is 0 Å². The number of ether oxygens (including phenoxy) is 1. The molecule has 0 fully saturated rings. The standard InChI is InChI=1S/C19H18N4OS2/c1-24-16-9-7-15(8-10-16)18-22-23-17(20-21-19(23)26-18)13-25-12-11-14-5-3-2-4-6-14/h2-10H,11-13H2,1H3. The maximum absolute atomic E-state index is 5.21. The molecule has 0 radical (unpaired) electrons. The van der Waals surface area contributed by atoms with Gasteiger partial charge >= 0.3 is 0 Å². The van der Waals surface area contributed by atoms with E-state index in [1.54, 1.807) is 18.4 Å². The molecule has 0 N–H and O–H groups in total. The van der Waals surface area contributed by atoms with E-state index in [2.05, 4.69) is 34.5 Å². The van der Waals surface area contributed by atoms with Crippen molar-refractivity contribution in [2.24, 2.45) is 0 Å². The molecule has 0 aliphatic rings. The summed E-state index contributed by atoms with van der Waals surface area (Å²) in [5, 5.41) is 14.2. The highest BCUT2D eigenvalue weighted by Crippen LogP contribution is 2.27. The van der Waals surface area contributed by atoms with Crippen LogP contribution in [0.25, 0.3) is 15.5 Å². The van der Waals surface area contributed by atoms with E-state index in [1.165, 1.54) is 5.56 Å². The van der Waals surface area contributed by atoms with Crippen molar-refractivity contribution in [1.82, 2.24) is 19.8 Å². The Balaban J connectivity index is 1.42. The van der Waals surface area contributed by atoms with Gasteiger partial charge in [0.15, 0.2) is 5.82 Å². The fraction of sp³-hybridized carbons (Fsp3) is 0.211. The summed E-state index contributed by atoms with van der Waals surface area (Å²) in [7, 11) is 1.67. The molecule has 0 atom stereocenters. The second kappa shape index (κ2) is 7.88. The summed E-state index contributed by atoms with van der Waals surface area (Å²) in [6, 6.07) is 18.4. The Morgan fingerprint density at radius 2 is 1.85 bits per heavy atom. The van der Waals surface area contributed by atoms with Crippen molar-refractivity contribution in [2.45, 2.75) is 12.2 Å². The fourth-order valence-corrected chi connectivity index (χ4v) is 4.35. The Kier molecular flexibility index (Phi) is 5.17. The molecule has 0 saturated carbocycles. The highest BCUT2D eigenvalue weighted by Gasteiger charge is 2.13. The van der Waals surface area contributed by atoms with Crippen LogP contribution in [0.5, 0.6) is 5.75 Å². The first-order valence-corrected chi connectivity index (χ1v) is 10.3. The first-order valence-electron chi connectivity index (χ1n) is 8.31. The van der Waals surface area contributed by atoms with Gasteiger partial charge in [-0.1, -0.05) is 41.7 Å². The topological polar surface area (TPSA) is 52.3 Å². The lowest BCUT2D eigenvalue weighted by Crippen LogP contribution is -1.96. The number of benzene rings is 2. The van der Waals surface area contributed by atoms with Gasteiger partial charge in [0, 0.05) is 5.56 Å². The van der Waals surface area contributed by atoms with Crippen LogP contribution >= 0.6 is 23.1 Å². The summed E-state index contributed by atoms with van der Waals surface area (Å²) in [4.78, 5) is 0.828. The van der Waals surface area contributed by atoms with Crippen LogP contribution in [-0.4, -0.2) is 32.7 Å². The molecule has 0 bridgehead atoms. The molecular formula is C19H18N4OS2. The summed E-state index contributed by atoms with van der Waals surface area (Å²) >= 11 is 3.40. The molecule has 0 saturated heterocycles. The quantitative estimate of drug-likeness (QED) is 0.445. The van der Waals surface area contributed by atoms with Crippen molar-refractivity contribution in [3.8, 4) is 16.3 Å². The predicted octanol–water partition coefficient (Wildman–Crippen LogP) is 4.34. The number of rotatable bonds is 7. The number of nitrogens with zero attached hydrogens (tertiary/aromatic N) is 4. The second-order valence-electron chi connectivity index (χ2n) is 5.73. The predicted molar refractivity (Wildman–Crippen MR) is 107 cm³/mol. The summed E-state index contributed by atoms with van der Waals surface area (Å²) in [6.45, 7) is 0. The average Bonchev–Trinajstić information content (AvgIpc) is 3.27. The van der Waals surface area contributed by atoms with Crippen molar-refractivity contribution >= 4 is 28.1 Å². The van der Waals surface area contributed by atoms with Crippen LogP contribution in [0.15, 0.2) is 54.6 Å². The van der Waals surface area contributed by atoms with Crippen molar-refractivity contribution in [1.29, 1.82) is 0 Å². The highest BCUT2D eigenvalue weighted by molar-refractivity contribution is 7.98. The van der Waals surface area contributed by atoms with E-state index in [1.807, 2.05) is 46.6 Å². The molecule has 4 rings (SSSR count). The zero-order valence-electron chi connectivity index (χ0n) is 14.3. The molecule has 2 aromatic heterocycles. The van der Waals surface area contributed by atoms with E-state index in [-0.39, 0.29) is 0 Å². The zero-order valence-corrected chi connectivity index (χ0v) is 16.0. The van der Waals surface area contributed by atoms with Gasteiger partial charge in [0.1, 0.15) is 10.8 Å². The Morgan fingerprint density at radius 3 is 2.62 bits per heavy atom. The molecular weight excluding hydrogens is 364 g/mol. The molecule has 5 nitrogen and oxygen atoms in total. The molecule has 2 aromatic carbocycles. The third-order valence-corrected chi connectivity index (χ3v) is 5.90. The molecule has 0 aliphatic carbocycles. The van der Waals surface area contributed by atoms with E-state index in [0.717, 1.165) is 45.0 Å². The summed E-state index contributed by atoms with van der Waals surface area (Å²) < 4.78 is 7.07. The van der Waals surface area contributed by atoms with Crippen LogP contribution in [0.1, 0.15) is 11.4 Å². The Bertz CT molecular complexity index is 980. The lowest BCUT2D eigenvalue weighted by atomic mass is 10.2. The number of methoxy groups -OCH3 is 1. The monoisotopic (exact) mass is 382 g/mol. The molecule has 132 valence electrons. The molecule has 26 heavy (non-hydrogen) atoms. The van der Waals surface area contributed by atoms with Gasteiger partial charge in [0.2, 0.25) is 4.96 Å². The molecule has 0 aliphatic heterocycles.